The number of halogens is 2. The largest absolute Gasteiger partial charge is 0.450 e. The zero-order valence-electron chi connectivity index (χ0n) is 18.8. The smallest absolute Gasteiger partial charge is 0.409 e. The number of hydrogen-bond donors (Lipinski definition) is 0. The number of likely N-dealkylation sites (tertiary alicyclic amines) is 1. The predicted octanol–water partition coefficient (Wildman–Crippen LogP) is 3.55. The number of aromatic nitrogens is 2. The zero-order chi connectivity index (χ0) is 23.0. The van der Waals surface area contributed by atoms with E-state index in [4.69, 9.17) is 4.74 Å². The normalized spacial score (nSPS) is 22.5. The molecule has 1 aliphatic carbocycles. The van der Waals surface area contributed by atoms with Crippen LogP contribution in [0.5, 0.6) is 0 Å². The maximum absolute atomic E-state index is 14.1. The van der Waals surface area contributed by atoms with Gasteiger partial charge < -0.3 is 14.5 Å². The lowest BCUT2D eigenvalue weighted by Gasteiger charge is -2.48. The summed E-state index contributed by atoms with van der Waals surface area (Å²) in [7, 11) is 0. The van der Waals surface area contributed by atoms with Gasteiger partial charge in [0.15, 0.2) is 0 Å². The van der Waals surface area contributed by atoms with Crippen LogP contribution in [0, 0.1) is 17.2 Å². The lowest BCUT2D eigenvalue weighted by atomic mass is 9.78. The van der Waals surface area contributed by atoms with E-state index in [0.717, 1.165) is 64.2 Å². The van der Waals surface area contributed by atoms with E-state index in [2.05, 4.69) is 19.8 Å². The molecule has 1 amide bonds. The van der Waals surface area contributed by atoms with Crippen LogP contribution in [0.3, 0.4) is 0 Å². The summed E-state index contributed by atoms with van der Waals surface area (Å²) in [5.74, 6) is -0.942. The molecular weight excluding hydrogens is 428 g/mol. The molecule has 2 aliphatic heterocycles. The summed E-state index contributed by atoms with van der Waals surface area (Å²) in [6.45, 7) is 7.16. The van der Waals surface area contributed by atoms with E-state index < -0.39 is 5.95 Å². The minimum Gasteiger partial charge on any atom is -0.450 e. The van der Waals surface area contributed by atoms with Crippen molar-refractivity contribution in [3.8, 4) is 11.3 Å². The first-order valence-corrected chi connectivity index (χ1v) is 11.6. The molecule has 7 nitrogen and oxygen atoms in total. The standard InChI is InChI=1S/C24H29F2N5O2/c1-2-33-23(32)31-15-24(16-31)6-5-19(12-24)29-7-9-30(10-8-29)20-11-18(25)14-28-22(20)17-3-4-21(26)27-13-17/h3-4,11,13-14,19H,2,5-10,12,15-16H2,1H3/t19-/m1/s1. The number of rotatable bonds is 4. The van der Waals surface area contributed by atoms with Crippen LogP contribution in [-0.2, 0) is 4.74 Å². The molecule has 2 aromatic heterocycles. The second-order valence-corrected chi connectivity index (χ2v) is 9.37. The molecule has 0 bridgehead atoms. The van der Waals surface area contributed by atoms with Gasteiger partial charge in [-0.25, -0.2) is 14.2 Å². The fraction of sp³-hybridized carbons (Fsp3) is 0.542. The number of hydrogen-bond acceptors (Lipinski definition) is 6. The third kappa shape index (κ3) is 4.38. The minimum atomic E-state index is -0.554. The molecule has 9 heteroatoms. The van der Waals surface area contributed by atoms with Crippen molar-refractivity contribution in [1.82, 2.24) is 19.8 Å². The maximum Gasteiger partial charge on any atom is 0.409 e. The third-order valence-electron chi connectivity index (χ3n) is 7.26. The van der Waals surface area contributed by atoms with Gasteiger partial charge >= 0.3 is 6.09 Å². The molecule has 2 saturated heterocycles. The van der Waals surface area contributed by atoms with E-state index >= 15 is 0 Å². The molecular formula is C24H29F2N5O2. The monoisotopic (exact) mass is 457 g/mol. The second kappa shape index (κ2) is 8.85. The Kier molecular flexibility index (Phi) is 5.90. The van der Waals surface area contributed by atoms with Crippen LogP contribution in [0.1, 0.15) is 26.2 Å². The molecule has 2 aromatic rings. The van der Waals surface area contributed by atoms with Gasteiger partial charge in [0.2, 0.25) is 5.95 Å². The maximum atomic E-state index is 14.1. The fourth-order valence-corrected chi connectivity index (χ4v) is 5.62. The Morgan fingerprint density at radius 1 is 1.15 bits per heavy atom. The number of anilines is 1. The van der Waals surface area contributed by atoms with Crippen LogP contribution >= 0.6 is 0 Å². The highest BCUT2D eigenvalue weighted by molar-refractivity contribution is 5.74. The second-order valence-electron chi connectivity index (χ2n) is 9.37. The Bertz CT molecular complexity index is 1000. The van der Waals surface area contributed by atoms with Gasteiger partial charge in [-0.15, -0.1) is 0 Å². The van der Waals surface area contributed by atoms with Gasteiger partial charge in [0.05, 0.1) is 24.2 Å². The highest BCUT2D eigenvalue weighted by Crippen LogP contribution is 2.47. The molecule has 1 spiro atoms. The van der Waals surface area contributed by atoms with Crippen LogP contribution in [0.4, 0.5) is 19.3 Å². The molecule has 1 saturated carbocycles. The highest BCUT2D eigenvalue weighted by atomic mass is 19.1. The number of carbonyl (C=O) groups is 1. The van der Waals surface area contributed by atoms with Crippen molar-refractivity contribution in [1.29, 1.82) is 0 Å². The number of piperazine rings is 1. The lowest BCUT2D eigenvalue weighted by Crippen LogP contribution is -2.58. The molecule has 0 unspecified atom stereocenters. The van der Waals surface area contributed by atoms with Gasteiger partial charge in [-0.2, -0.15) is 4.39 Å². The van der Waals surface area contributed by atoms with E-state index in [0.29, 0.717) is 23.9 Å². The van der Waals surface area contributed by atoms with Crippen LogP contribution in [0.25, 0.3) is 11.3 Å². The molecule has 1 atom stereocenters. The summed E-state index contributed by atoms with van der Waals surface area (Å²) in [6, 6.07) is 4.94. The van der Waals surface area contributed by atoms with Crippen molar-refractivity contribution in [2.24, 2.45) is 5.41 Å². The average Bonchev–Trinajstić information content (AvgIpc) is 3.25. The van der Waals surface area contributed by atoms with Gasteiger partial charge in [-0.3, -0.25) is 9.88 Å². The summed E-state index contributed by atoms with van der Waals surface area (Å²) in [4.78, 5) is 26.4. The van der Waals surface area contributed by atoms with E-state index in [1.165, 1.54) is 24.5 Å². The first-order chi connectivity index (χ1) is 16.0. The number of amides is 1. The van der Waals surface area contributed by atoms with Crippen LogP contribution in [0.15, 0.2) is 30.6 Å². The summed E-state index contributed by atoms with van der Waals surface area (Å²) < 4.78 is 32.4. The van der Waals surface area contributed by atoms with Crippen molar-refractivity contribution in [3.63, 3.8) is 0 Å². The minimum absolute atomic E-state index is 0.198. The van der Waals surface area contributed by atoms with Gasteiger partial charge in [-0.05, 0) is 38.3 Å². The van der Waals surface area contributed by atoms with E-state index in [1.54, 1.807) is 6.07 Å². The van der Waals surface area contributed by atoms with Crippen LogP contribution in [0.2, 0.25) is 0 Å². The van der Waals surface area contributed by atoms with Crippen molar-refractivity contribution in [2.75, 3.05) is 50.8 Å². The molecule has 176 valence electrons. The summed E-state index contributed by atoms with van der Waals surface area (Å²) in [6.07, 6.45) is 5.82. The summed E-state index contributed by atoms with van der Waals surface area (Å²) >= 11 is 0. The Morgan fingerprint density at radius 2 is 1.94 bits per heavy atom. The number of ether oxygens (including phenoxy) is 1. The van der Waals surface area contributed by atoms with Crippen molar-refractivity contribution >= 4 is 11.8 Å². The first kappa shape index (κ1) is 22.0. The van der Waals surface area contributed by atoms with E-state index in [1.807, 2.05) is 11.8 Å². The molecule has 3 fully saturated rings. The Labute approximate surface area is 192 Å². The van der Waals surface area contributed by atoms with Crippen molar-refractivity contribution in [2.45, 2.75) is 32.2 Å². The zero-order valence-corrected chi connectivity index (χ0v) is 18.8. The molecule has 0 aromatic carbocycles. The Balaban J connectivity index is 1.21. The Hall–Kier alpha value is -2.81. The molecule has 33 heavy (non-hydrogen) atoms. The van der Waals surface area contributed by atoms with Gasteiger partial charge in [0, 0.05) is 68.6 Å². The quantitative estimate of drug-likeness (QED) is 0.655. The molecule has 5 rings (SSSR count). The van der Waals surface area contributed by atoms with Crippen molar-refractivity contribution < 1.29 is 18.3 Å². The summed E-state index contributed by atoms with van der Waals surface area (Å²) in [5, 5.41) is 0. The Morgan fingerprint density at radius 3 is 2.64 bits per heavy atom. The van der Waals surface area contributed by atoms with Crippen LogP contribution < -0.4 is 4.90 Å². The van der Waals surface area contributed by atoms with Crippen LogP contribution in [-0.4, -0.2) is 77.8 Å². The lowest BCUT2D eigenvalue weighted by molar-refractivity contribution is -0.00294. The van der Waals surface area contributed by atoms with E-state index in [-0.39, 0.29) is 17.3 Å². The number of carbonyl (C=O) groups excluding carboxylic acids is 1. The fourth-order valence-electron chi connectivity index (χ4n) is 5.62. The van der Waals surface area contributed by atoms with Gasteiger partial charge in [-0.1, -0.05) is 0 Å². The van der Waals surface area contributed by atoms with Crippen molar-refractivity contribution in [3.05, 3.63) is 42.4 Å². The number of pyridine rings is 2. The molecule has 4 heterocycles. The average molecular weight is 458 g/mol. The highest BCUT2D eigenvalue weighted by Gasteiger charge is 2.51. The topological polar surface area (TPSA) is 61.8 Å². The first-order valence-electron chi connectivity index (χ1n) is 11.6. The molecule has 0 N–H and O–H groups in total. The number of nitrogens with zero attached hydrogens (tertiary/aromatic N) is 5. The van der Waals surface area contributed by atoms with E-state index in [9.17, 15) is 13.6 Å². The van der Waals surface area contributed by atoms with Gasteiger partial charge in [0.1, 0.15) is 5.82 Å². The third-order valence-corrected chi connectivity index (χ3v) is 7.26. The molecule has 3 aliphatic rings. The SMILES string of the molecule is CCOC(=O)N1CC2(CC[C@@H](N3CCN(c4cc(F)cnc4-c4ccc(F)nc4)CC3)C2)C1. The predicted molar refractivity (Wildman–Crippen MR) is 120 cm³/mol. The van der Waals surface area contributed by atoms with Gasteiger partial charge in [0.25, 0.3) is 0 Å². The summed E-state index contributed by atoms with van der Waals surface area (Å²) in [5.41, 5.74) is 2.24. The molecule has 0 radical (unpaired) electrons.